The highest BCUT2D eigenvalue weighted by Crippen LogP contribution is 2.36. The summed E-state index contributed by atoms with van der Waals surface area (Å²) in [6, 6.07) is 3.79. The number of urea groups is 1. The van der Waals surface area contributed by atoms with Crippen molar-refractivity contribution in [2.75, 3.05) is 58.5 Å². The monoisotopic (exact) mass is 515 g/mol. The molecule has 0 unspecified atom stereocenters. The van der Waals surface area contributed by atoms with Crippen LogP contribution in [0.15, 0.2) is 23.0 Å². The van der Waals surface area contributed by atoms with E-state index in [9.17, 15) is 23.9 Å². The van der Waals surface area contributed by atoms with E-state index in [-0.39, 0.29) is 24.8 Å². The molecule has 2 saturated heterocycles. The maximum atomic E-state index is 14.1. The molecule has 12 heteroatoms. The molecule has 1 aromatic carbocycles. The topological polar surface area (TPSA) is 117 Å². The number of ether oxygens (including phenoxy) is 2. The minimum Gasteiger partial charge on any atom is -0.501 e. The summed E-state index contributed by atoms with van der Waals surface area (Å²) in [7, 11) is 3.17. The summed E-state index contributed by atoms with van der Waals surface area (Å²) >= 11 is 0. The Kier molecular flexibility index (Phi) is 6.63. The van der Waals surface area contributed by atoms with E-state index in [1.165, 1.54) is 44.5 Å². The van der Waals surface area contributed by atoms with Crippen LogP contribution in [0.3, 0.4) is 0 Å². The SMILES string of the molecule is CN(Cc1ccc(F)cc1N1CCN(C)C1=O)C(=O)c1nc2n(c(=O)c1O)CCOCC21CCOCC1. The number of carbonyl (C=O) groups excluding carboxylic acids is 2. The van der Waals surface area contributed by atoms with Crippen molar-refractivity contribution in [1.82, 2.24) is 19.4 Å². The lowest BCUT2D eigenvalue weighted by atomic mass is 9.80. The van der Waals surface area contributed by atoms with Gasteiger partial charge in [-0.15, -0.1) is 0 Å². The van der Waals surface area contributed by atoms with E-state index in [4.69, 9.17) is 9.47 Å². The van der Waals surface area contributed by atoms with Gasteiger partial charge in [-0.3, -0.25) is 19.1 Å². The van der Waals surface area contributed by atoms with Crippen LogP contribution in [0.25, 0.3) is 0 Å². The number of rotatable bonds is 4. The van der Waals surface area contributed by atoms with Crippen molar-refractivity contribution in [3.8, 4) is 5.75 Å². The molecular weight excluding hydrogens is 485 g/mol. The third kappa shape index (κ3) is 4.44. The molecule has 4 heterocycles. The average Bonchev–Trinajstić information content (AvgIpc) is 3.12. The summed E-state index contributed by atoms with van der Waals surface area (Å²) in [5.41, 5.74) is -0.715. The number of halogens is 1. The predicted molar refractivity (Wildman–Crippen MR) is 130 cm³/mol. The van der Waals surface area contributed by atoms with Crippen molar-refractivity contribution in [1.29, 1.82) is 0 Å². The Hall–Kier alpha value is -3.51. The normalized spacial score (nSPS) is 19.2. The molecule has 3 aliphatic heterocycles. The van der Waals surface area contributed by atoms with Gasteiger partial charge in [0.25, 0.3) is 11.5 Å². The van der Waals surface area contributed by atoms with Crippen LogP contribution in [-0.4, -0.2) is 90.0 Å². The second-order valence-electron chi connectivity index (χ2n) is 9.82. The number of aromatic nitrogens is 2. The lowest BCUT2D eigenvalue weighted by Gasteiger charge is -2.36. The van der Waals surface area contributed by atoms with Gasteiger partial charge in [-0.1, -0.05) is 6.07 Å². The second-order valence-corrected chi connectivity index (χ2v) is 9.82. The fourth-order valence-electron chi connectivity index (χ4n) is 5.22. The highest BCUT2D eigenvalue weighted by Gasteiger charge is 2.42. The number of fused-ring (bicyclic) bond motifs is 2. The molecule has 0 atom stereocenters. The van der Waals surface area contributed by atoms with Gasteiger partial charge in [-0.25, -0.2) is 14.2 Å². The maximum absolute atomic E-state index is 14.1. The Morgan fingerprint density at radius 2 is 1.92 bits per heavy atom. The summed E-state index contributed by atoms with van der Waals surface area (Å²) in [6.07, 6.45) is 1.15. The molecule has 0 saturated carbocycles. The summed E-state index contributed by atoms with van der Waals surface area (Å²) in [5.74, 6) is -1.47. The first-order valence-corrected chi connectivity index (χ1v) is 12.3. The second kappa shape index (κ2) is 9.75. The van der Waals surface area contributed by atoms with Gasteiger partial charge in [0.2, 0.25) is 5.75 Å². The molecular formula is C25H30FN5O6. The van der Waals surface area contributed by atoms with Crippen molar-refractivity contribution in [3.63, 3.8) is 0 Å². The number of hydrogen-bond donors (Lipinski definition) is 1. The largest absolute Gasteiger partial charge is 0.501 e. The van der Waals surface area contributed by atoms with Crippen molar-refractivity contribution in [2.45, 2.75) is 31.3 Å². The van der Waals surface area contributed by atoms with Gasteiger partial charge in [0.05, 0.1) is 30.9 Å². The zero-order valence-corrected chi connectivity index (χ0v) is 20.9. The molecule has 198 valence electrons. The Labute approximate surface area is 213 Å². The fraction of sp³-hybridized carbons (Fsp3) is 0.520. The predicted octanol–water partition coefficient (Wildman–Crippen LogP) is 1.31. The molecule has 0 aliphatic carbocycles. The van der Waals surface area contributed by atoms with Crippen LogP contribution >= 0.6 is 0 Å². The number of amides is 3. The molecule has 0 radical (unpaired) electrons. The molecule has 11 nitrogen and oxygen atoms in total. The first-order valence-electron chi connectivity index (χ1n) is 12.3. The molecule has 37 heavy (non-hydrogen) atoms. The molecule has 1 N–H and O–H groups in total. The molecule has 2 fully saturated rings. The highest BCUT2D eigenvalue weighted by atomic mass is 19.1. The third-order valence-electron chi connectivity index (χ3n) is 7.42. The molecule has 2 aromatic rings. The van der Waals surface area contributed by atoms with Crippen LogP contribution in [0.2, 0.25) is 0 Å². The number of hydrogen-bond acceptors (Lipinski definition) is 7. The standard InChI is InChI=1S/C25H30FN5O6/c1-28-7-8-30(24(28)35)18-13-17(26)4-3-16(18)14-29(2)21(33)19-20(32)22(34)31-9-12-37-15-25(23(31)27-19)5-10-36-11-6-25/h3-4,13,32H,5-12,14-15H2,1-2H3. The average molecular weight is 516 g/mol. The van der Waals surface area contributed by atoms with E-state index in [2.05, 4.69) is 4.98 Å². The summed E-state index contributed by atoms with van der Waals surface area (Å²) in [5, 5.41) is 10.7. The molecule has 3 amide bonds. The minimum absolute atomic E-state index is 0.00354. The van der Waals surface area contributed by atoms with E-state index >= 15 is 0 Å². The Bertz CT molecular complexity index is 1290. The lowest BCUT2D eigenvalue weighted by molar-refractivity contribution is 0.00411. The van der Waals surface area contributed by atoms with Crippen LogP contribution in [-0.2, 0) is 28.0 Å². The van der Waals surface area contributed by atoms with Gasteiger partial charge >= 0.3 is 6.03 Å². The van der Waals surface area contributed by atoms with Crippen molar-refractivity contribution < 1.29 is 28.6 Å². The highest BCUT2D eigenvalue weighted by molar-refractivity contribution is 5.96. The summed E-state index contributed by atoms with van der Waals surface area (Å²) in [4.78, 5) is 48.1. The zero-order valence-electron chi connectivity index (χ0n) is 20.9. The van der Waals surface area contributed by atoms with Crippen LogP contribution in [0.1, 0.15) is 34.7 Å². The van der Waals surface area contributed by atoms with E-state index < -0.39 is 28.4 Å². The number of aromatic hydroxyl groups is 1. The number of benzene rings is 1. The number of nitrogens with zero attached hydrogens (tertiary/aromatic N) is 5. The fourth-order valence-corrected chi connectivity index (χ4v) is 5.22. The Morgan fingerprint density at radius 3 is 2.62 bits per heavy atom. The van der Waals surface area contributed by atoms with Gasteiger partial charge < -0.3 is 24.4 Å². The smallest absolute Gasteiger partial charge is 0.324 e. The molecule has 1 aromatic heterocycles. The number of anilines is 1. The first-order chi connectivity index (χ1) is 17.7. The van der Waals surface area contributed by atoms with E-state index in [1.807, 2.05) is 0 Å². The van der Waals surface area contributed by atoms with Gasteiger partial charge in [0.15, 0.2) is 5.69 Å². The number of carbonyl (C=O) groups is 2. The van der Waals surface area contributed by atoms with Crippen molar-refractivity contribution in [2.24, 2.45) is 0 Å². The molecule has 3 aliphatic rings. The van der Waals surface area contributed by atoms with E-state index in [0.717, 1.165) is 0 Å². The third-order valence-corrected chi connectivity index (χ3v) is 7.42. The van der Waals surface area contributed by atoms with E-state index in [1.54, 1.807) is 7.05 Å². The lowest BCUT2D eigenvalue weighted by Crippen LogP contribution is -2.43. The van der Waals surface area contributed by atoms with E-state index in [0.29, 0.717) is 69.4 Å². The van der Waals surface area contributed by atoms with Gasteiger partial charge in [0, 0.05) is 46.9 Å². The molecule has 1 spiro atoms. The van der Waals surface area contributed by atoms with Crippen LogP contribution < -0.4 is 10.5 Å². The van der Waals surface area contributed by atoms with Gasteiger partial charge in [-0.05, 0) is 30.5 Å². The Balaban J connectivity index is 1.49. The van der Waals surface area contributed by atoms with Crippen molar-refractivity contribution >= 4 is 17.6 Å². The first kappa shape index (κ1) is 25.2. The molecule has 5 rings (SSSR count). The summed E-state index contributed by atoms with van der Waals surface area (Å²) < 4.78 is 26.8. The zero-order chi connectivity index (χ0) is 26.3. The van der Waals surface area contributed by atoms with Crippen LogP contribution in [0.5, 0.6) is 5.75 Å². The summed E-state index contributed by atoms with van der Waals surface area (Å²) in [6.45, 7) is 2.69. The Morgan fingerprint density at radius 1 is 1.16 bits per heavy atom. The number of likely N-dealkylation sites (N-methyl/N-ethyl adjacent to an activating group) is 1. The van der Waals surface area contributed by atoms with Crippen LogP contribution in [0, 0.1) is 5.82 Å². The van der Waals surface area contributed by atoms with Crippen molar-refractivity contribution in [3.05, 3.63) is 51.5 Å². The minimum atomic E-state index is -0.722. The van der Waals surface area contributed by atoms with Gasteiger partial charge in [0.1, 0.15) is 11.6 Å². The quantitative estimate of drug-likeness (QED) is 0.653. The van der Waals surface area contributed by atoms with Gasteiger partial charge in [-0.2, -0.15) is 0 Å². The van der Waals surface area contributed by atoms with Crippen LogP contribution in [0.4, 0.5) is 14.9 Å². The molecule has 0 bridgehead atoms. The maximum Gasteiger partial charge on any atom is 0.324 e.